The van der Waals surface area contributed by atoms with E-state index in [0.29, 0.717) is 0 Å². The van der Waals surface area contributed by atoms with E-state index in [0.717, 1.165) is 16.7 Å². The molecule has 0 amide bonds. The molecule has 5 rings (SSSR count). The molecule has 2 aliphatic heterocycles. The van der Waals surface area contributed by atoms with Crippen LogP contribution < -0.4 is 0 Å². The molecule has 3 aromatic carbocycles. The third-order valence-electron chi connectivity index (χ3n) is 8.44. The Morgan fingerprint density at radius 1 is 0.615 bits per heavy atom. The lowest BCUT2D eigenvalue weighted by Crippen LogP contribution is -2.63. The van der Waals surface area contributed by atoms with Crippen molar-refractivity contribution < 1.29 is 62.1 Å². The number of aliphatic hydroxyl groups excluding tert-OH is 1. The molecular formula is C39H46O13. The smallest absolute Gasteiger partial charge is 0.303 e. The van der Waals surface area contributed by atoms with Crippen molar-refractivity contribution in [1.29, 1.82) is 0 Å². The number of aliphatic hydroxyl groups is 1. The molecule has 0 spiro atoms. The Morgan fingerprint density at radius 2 is 1.13 bits per heavy atom. The molecule has 2 saturated heterocycles. The highest BCUT2D eigenvalue weighted by molar-refractivity contribution is 5.67. The van der Waals surface area contributed by atoms with Crippen LogP contribution in [0.1, 0.15) is 43.9 Å². The van der Waals surface area contributed by atoms with Crippen LogP contribution in [0.5, 0.6) is 0 Å². The van der Waals surface area contributed by atoms with Gasteiger partial charge in [-0.3, -0.25) is 14.4 Å². The number of carbonyl (C=O) groups excluding carboxylic acids is 3. The van der Waals surface area contributed by atoms with Crippen molar-refractivity contribution in [2.75, 3.05) is 13.2 Å². The Labute approximate surface area is 302 Å². The van der Waals surface area contributed by atoms with Gasteiger partial charge in [0.15, 0.2) is 18.7 Å². The van der Waals surface area contributed by atoms with Crippen molar-refractivity contribution in [3.8, 4) is 0 Å². The van der Waals surface area contributed by atoms with Crippen LogP contribution >= 0.6 is 0 Å². The minimum atomic E-state index is -1.43. The van der Waals surface area contributed by atoms with E-state index in [1.807, 2.05) is 91.0 Å². The lowest BCUT2D eigenvalue weighted by atomic mass is 9.97. The SMILES string of the molecule is CC(=O)OCC1O[C@@H](O[C@@H]2C(COCc3ccccc3)O[C@H](O)C(OCc3ccccc3)C2OCc2ccccc2)C[C@@H](OC(C)=O)[C@H]1OC(C)=O. The van der Waals surface area contributed by atoms with Gasteiger partial charge in [-0.25, -0.2) is 0 Å². The lowest BCUT2D eigenvalue weighted by molar-refractivity contribution is -0.349. The topological polar surface area (TPSA) is 155 Å². The average Bonchev–Trinajstić information content (AvgIpc) is 3.12. The summed E-state index contributed by atoms with van der Waals surface area (Å²) in [4.78, 5) is 36.1. The first-order valence-corrected chi connectivity index (χ1v) is 17.2. The monoisotopic (exact) mass is 722 g/mol. The molecule has 0 saturated carbocycles. The molecule has 2 fully saturated rings. The molecule has 2 aliphatic rings. The van der Waals surface area contributed by atoms with Gasteiger partial charge in [0.25, 0.3) is 0 Å². The summed E-state index contributed by atoms with van der Waals surface area (Å²) in [7, 11) is 0. The first kappa shape index (κ1) is 39.0. The van der Waals surface area contributed by atoms with E-state index >= 15 is 0 Å². The van der Waals surface area contributed by atoms with Gasteiger partial charge in [0.2, 0.25) is 0 Å². The van der Waals surface area contributed by atoms with Gasteiger partial charge in [-0.1, -0.05) is 91.0 Å². The second-order valence-corrected chi connectivity index (χ2v) is 12.6. The normalized spacial score (nSPS) is 27.3. The first-order chi connectivity index (χ1) is 25.2. The fraction of sp³-hybridized carbons (Fsp3) is 0.462. The predicted octanol–water partition coefficient (Wildman–Crippen LogP) is 4.02. The molecule has 9 atom stereocenters. The predicted molar refractivity (Wildman–Crippen MR) is 183 cm³/mol. The summed E-state index contributed by atoms with van der Waals surface area (Å²) >= 11 is 0. The number of ether oxygens (including phenoxy) is 9. The molecule has 13 heteroatoms. The molecule has 13 nitrogen and oxygen atoms in total. The van der Waals surface area contributed by atoms with Crippen molar-refractivity contribution >= 4 is 17.9 Å². The van der Waals surface area contributed by atoms with Crippen molar-refractivity contribution in [1.82, 2.24) is 0 Å². The van der Waals surface area contributed by atoms with E-state index in [-0.39, 0.29) is 39.5 Å². The number of carbonyl (C=O) groups is 3. The van der Waals surface area contributed by atoms with E-state index in [1.165, 1.54) is 20.8 Å². The minimum Gasteiger partial charge on any atom is -0.463 e. The van der Waals surface area contributed by atoms with Gasteiger partial charge >= 0.3 is 17.9 Å². The summed E-state index contributed by atoms with van der Waals surface area (Å²) in [6, 6.07) is 28.5. The molecule has 0 bridgehead atoms. The summed E-state index contributed by atoms with van der Waals surface area (Å²) in [5, 5.41) is 11.4. The second kappa shape index (κ2) is 19.6. The van der Waals surface area contributed by atoms with Crippen LogP contribution in [-0.4, -0.2) is 91.5 Å². The Hall–Kier alpha value is -4.21. The maximum absolute atomic E-state index is 12.2. The minimum absolute atomic E-state index is 0.0136. The number of esters is 3. The van der Waals surface area contributed by atoms with Crippen molar-refractivity contribution in [3.63, 3.8) is 0 Å². The quantitative estimate of drug-likeness (QED) is 0.167. The van der Waals surface area contributed by atoms with Gasteiger partial charge in [-0.15, -0.1) is 0 Å². The van der Waals surface area contributed by atoms with Crippen LogP contribution in [0.2, 0.25) is 0 Å². The van der Waals surface area contributed by atoms with Crippen LogP contribution in [0.15, 0.2) is 91.0 Å². The van der Waals surface area contributed by atoms with E-state index in [9.17, 15) is 19.5 Å². The molecule has 0 aromatic heterocycles. The lowest BCUT2D eigenvalue weighted by Gasteiger charge is -2.47. The molecule has 3 aromatic rings. The maximum Gasteiger partial charge on any atom is 0.303 e. The van der Waals surface area contributed by atoms with Crippen LogP contribution in [0.3, 0.4) is 0 Å². The first-order valence-electron chi connectivity index (χ1n) is 17.2. The van der Waals surface area contributed by atoms with E-state index in [2.05, 4.69) is 0 Å². The van der Waals surface area contributed by atoms with E-state index in [4.69, 9.17) is 42.6 Å². The third kappa shape index (κ3) is 11.7. The fourth-order valence-electron chi connectivity index (χ4n) is 6.12. The largest absolute Gasteiger partial charge is 0.463 e. The zero-order valence-electron chi connectivity index (χ0n) is 29.4. The molecule has 0 radical (unpaired) electrons. The Balaban J connectivity index is 1.45. The summed E-state index contributed by atoms with van der Waals surface area (Å²) in [5.41, 5.74) is 2.67. The standard InChI is InChI=1S/C39H46O13/c1-25(40)45-24-33-35(49-27(3)42)31(48-26(2)41)19-34(50-33)52-36-32(23-44-20-28-13-7-4-8-14-28)51-39(43)38(47-22-30-17-11-6-12-18-30)37(36)46-21-29-15-9-5-10-16-29/h4-18,31-39,43H,19-24H2,1-3H3/t31-,32?,33?,34+,35-,36-,37?,38?,39+/m1/s1. The highest BCUT2D eigenvalue weighted by Gasteiger charge is 2.51. The number of hydrogen-bond acceptors (Lipinski definition) is 13. The van der Waals surface area contributed by atoms with Crippen molar-refractivity contribution in [2.24, 2.45) is 0 Å². The van der Waals surface area contributed by atoms with Gasteiger partial charge < -0.3 is 47.7 Å². The zero-order valence-corrected chi connectivity index (χ0v) is 29.4. The van der Waals surface area contributed by atoms with Gasteiger partial charge in [-0.05, 0) is 16.7 Å². The summed E-state index contributed by atoms with van der Waals surface area (Å²) in [6.45, 7) is 3.90. The van der Waals surface area contributed by atoms with Gasteiger partial charge in [0.1, 0.15) is 43.2 Å². The summed E-state index contributed by atoms with van der Waals surface area (Å²) in [6.07, 6.45) is -9.63. The number of rotatable bonds is 16. The van der Waals surface area contributed by atoms with Crippen LogP contribution in [0.25, 0.3) is 0 Å². The van der Waals surface area contributed by atoms with Gasteiger partial charge in [0.05, 0.1) is 26.4 Å². The summed E-state index contributed by atoms with van der Waals surface area (Å²) in [5.74, 6) is -1.85. The Morgan fingerprint density at radius 3 is 1.67 bits per heavy atom. The maximum atomic E-state index is 12.2. The highest BCUT2D eigenvalue weighted by atomic mass is 16.7. The third-order valence-corrected chi connectivity index (χ3v) is 8.44. The van der Waals surface area contributed by atoms with E-state index < -0.39 is 73.2 Å². The Bertz CT molecular complexity index is 1540. The zero-order chi connectivity index (χ0) is 36.9. The van der Waals surface area contributed by atoms with Crippen LogP contribution in [-0.2, 0) is 76.8 Å². The van der Waals surface area contributed by atoms with Crippen LogP contribution in [0.4, 0.5) is 0 Å². The van der Waals surface area contributed by atoms with Crippen molar-refractivity contribution in [2.45, 2.75) is 102 Å². The molecular weight excluding hydrogens is 676 g/mol. The average molecular weight is 723 g/mol. The molecule has 52 heavy (non-hydrogen) atoms. The van der Waals surface area contributed by atoms with Crippen molar-refractivity contribution in [3.05, 3.63) is 108 Å². The molecule has 4 unspecified atom stereocenters. The Kier molecular flexibility index (Phi) is 14.7. The van der Waals surface area contributed by atoms with Crippen LogP contribution in [0, 0.1) is 0 Å². The second-order valence-electron chi connectivity index (χ2n) is 12.6. The molecule has 1 N–H and O–H groups in total. The highest BCUT2D eigenvalue weighted by Crippen LogP contribution is 2.34. The molecule has 280 valence electrons. The van der Waals surface area contributed by atoms with Gasteiger partial charge in [0, 0.05) is 27.2 Å². The molecule has 0 aliphatic carbocycles. The van der Waals surface area contributed by atoms with E-state index in [1.54, 1.807) is 0 Å². The fourth-order valence-corrected chi connectivity index (χ4v) is 6.12. The van der Waals surface area contributed by atoms with Gasteiger partial charge in [-0.2, -0.15) is 0 Å². The number of hydrogen-bond donors (Lipinski definition) is 1. The summed E-state index contributed by atoms with van der Waals surface area (Å²) < 4.78 is 54.3. The number of benzene rings is 3. The molecule has 2 heterocycles.